The van der Waals surface area contributed by atoms with Crippen LogP contribution >= 0.6 is 11.6 Å². The van der Waals surface area contributed by atoms with E-state index in [1.807, 2.05) is 18.2 Å². The number of fused-ring (bicyclic) bond motifs is 1. The van der Waals surface area contributed by atoms with Crippen molar-refractivity contribution in [2.75, 3.05) is 13.1 Å². The summed E-state index contributed by atoms with van der Waals surface area (Å²) in [5.74, 6) is 1.00. The molecule has 3 heteroatoms. The summed E-state index contributed by atoms with van der Waals surface area (Å²) in [5, 5.41) is 4.37. The van der Waals surface area contributed by atoms with Gasteiger partial charge in [-0.1, -0.05) is 18.5 Å². The van der Waals surface area contributed by atoms with Crippen LogP contribution in [0.5, 0.6) is 5.75 Å². The van der Waals surface area contributed by atoms with E-state index in [4.69, 9.17) is 16.3 Å². The van der Waals surface area contributed by atoms with Crippen LogP contribution in [-0.2, 0) is 6.42 Å². The van der Waals surface area contributed by atoms with Crippen molar-refractivity contribution in [2.45, 2.75) is 38.7 Å². The molecule has 0 amide bonds. The van der Waals surface area contributed by atoms with Gasteiger partial charge in [-0.2, -0.15) is 0 Å². The Kier molecular flexibility index (Phi) is 3.25. The first-order valence-corrected chi connectivity index (χ1v) is 7.24. The maximum absolute atomic E-state index is 5.99. The van der Waals surface area contributed by atoms with E-state index >= 15 is 0 Å². The van der Waals surface area contributed by atoms with Crippen LogP contribution in [0.3, 0.4) is 0 Å². The van der Waals surface area contributed by atoms with Crippen molar-refractivity contribution < 1.29 is 4.74 Å². The molecule has 1 fully saturated rings. The van der Waals surface area contributed by atoms with Crippen LogP contribution in [0.15, 0.2) is 18.2 Å². The highest BCUT2D eigenvalue weighted by atomic mass is 35.5. The lowest BCUT2D eigenvalue weighted by molar-refractivity contribution is 0.223. The van der Waals surface area contributed by atoms with E-state index in [-0.39, 0.29) is 6.10 Å². The maximum atomic E-state index is 5.99. The molecule has 0 aromatic heterocycles. The molecule has 3 rings (SSSR count). The zero-order chi connectivity index (χ0) is 12.6. The van der Waals surface area contributed by atoms with Crippen molar-refractivity contribution in [1.82, 2.24) is 5.32 Å². The molecule has 98 valence electrons. The second kappa shape index (κ2) is 4.75. The maximum Gasteiger partial charge on any atom is 0.123 e. The summed E-state index contributed by atoms with van der Waals surface area (Å²) in [6, 6.07) is 5.89. The Balaban J connectivity index is 1.49. The fraction of sp³-hybridized carbons (Fsp3) is 0.600. The van der Waals surface area contributed by atoms with Gasteiger partial charge in [-0.3, -0.25) is 0 Å². The number of halogens is 1. The van der Waals surface area contributed by atoms with Gasteiger partial charge in [0.2, 0.25) is 0 Å². The highest BCUT2D eigenvalue weighted by molar-refractivity contribution is 6.30. The van der Waals surface area contributed by atoms with Gasteiger partial charge < -0.3 is 10.1 Å². The molecule has 2 nitrogen and oxygen atoms in total. The predicted molar refractivity (Wildman–Crippen MR) is 74.4 cm³/mol. The number of nitrogens with one attached hydrogen (secondary N) is 1. The van der Waals surface area contributed by atoms with Gasteiger partial charge in [-0.05, 0) is 48.4 Å². The second-order valence-electron chi connectivity index (χ2n) is 5.68. The molecule has 1 unspecified atom stereocenters. The third-order valence-electron chi connectivity index (χ3n) is 4.34. The molecule has 1 atom stereocenters. The molecule has 2 aliphatic rings. The van der Waals surface area contributed by atoms with Crippen molar-refractivity contribution in [3.8, 4) is 5.75 Å². The van der Waals surface area contributed by atoms with Gasteiger partial charge in [-0.25, -0.2) is 0 Å². The number of rotatable bonds is 5. The molecule has 0 saturated heterocycles. The standard InChI is InChI=1S/C15H20ClNO/c1-2-15(5-6-15)10-17-9-13-8-11-7-12(16)3-4-14(11)18-13/h3-4,7,13,17H,2,5-6,8-10H2,1H3. The normalized spacial score (nSPS) is 23.6. The van der Waals surface area contributed by atoms with Gasteiger partial charge in [0.05, 0.1) is 0 Å². The number of hydrogen-bond donors (Lipinski definition) is 1. The Morgan fingerprint density at radius 3 is 3.00 bits per heavy atom. The topological polar surface area (TPSA) is 21.3 Å². The van der Waals surface area contributed by atoms with Crippen LogP contribution < -0.4 is 10.1 Å². The zero-order valence-corrected chi connectivity index (χ0v) is 11.6. The van der Waals surface area contributed by atoms with E-state index in [0.717, 1.165) is 30.3 Å². The Bertz CT molecular complexity index is 442. The van der Waals surface area contributed by atoms with Crippen LogP contribution in [-0.4, -0.2) is 19.2 Å². The summed E-state index contributed by atoms with van der Waals surface area (Å²) in [4.78, 5) is 0. The van der Waals surface area contributed by atoms with Crippen LogP contribution in [0, 0.1) is 5.41 Å². The molecule has 18 heavy (non-hydrogen) atoms. The molecule has 0 bridgehead atoms. The zero-order valence-electron chi connectivity index (χ0n) is 10.8. The van der Waals surface area contributed by atoms with Crippen molar-refractivity contribution in [3.05, 3.63) is 28.8 Å². The molecular weight excluding hydrogens is 246 g/mol. The Labute approximate surface area is 114 Å². The van der Waals surface area contributed by atoms with E-state index in [1.165, 1.54) is 24.8 Å². The summed E-state index contributed by atoms with van der Waals surface area (Å²) >= 11 is 5.99. The van der Waals surface area contributed by atoms with Gasteiger partial charge in [0, 0.05) is 24.5 Å². The van der Waals surface area contributed by atoms with Crippen molar-refractivity contribution >= 4 is 11.6 Å². The first-order chi connectivity index (χ1) is 8.71. The molecule has 1 saturated carbocycles. The minimum absolute atomic E-state index is 0.270. The van der Waals surface area contributed by atoms with Crippen molar-refractivity contribution in [2.24, 2.45) is 5.41 Å². The molecular formula is C15H20ClNO. The third-order valence-corrected chi connectivity index (χ3v) is 4.58. The number of benzene rings is 1. The van der Waals surface area contributed by atoms with E-state index in [1.54, 1.807) is 0 Å². The molecule has 1 aliphatic heterocycles. The van der Waals surface area contributed by atoms with E-state index in [2.05, 4.69) is 12.2 Å². The average Bonchev–Trinajstić information content (AvgIpc) is 3.02. The lowest BCUT2D eigenvalue weighted by Crippen LogP contribution is -2.33. The highest BCUT2D eigenvalue weighted by Crippen LogP contribution is 2.47. The SMILES string of the molecule is CCC1(CNCC2Cc3cc(Cl)ccc3O2)CC1. The lowest BCUT2D eigenvalue weighted by Gasteiger charge is -2.16. The minimum Gasteiger partial charge on any atom is -0.488 e. The largest absolute Gasteiger partial charge is 0.488 e. The summed E-state index contributed by atoms with van der Waals surface area (Å²) in [6.45, 7) is 4.37. The Morgan fingerprint density at radius 1 is 1.44 bits per heavy atom. The highest BCUT2D eigenvalue weighted by Gasteiger charge is 2.40. The lowest BCUT2D eigenvalue weighted by atomic mass is 10.0. The van der Waals surface area contributed by atoms with Crippen LogP contribution in [0.1, 0.15) is 31.7 Å². The van der Waals surface area contributed by atoms with Gasteiger partial charge in [0.1, 0.15) is 11.9 Å². The van der Waals surface area contributed by atoms with Gasteiger partial charge in [-0.15, -0.1) is 0 Å². The average molecular weight is 266 g/mol. The molecule has 1 aromatic rings. The van der Waals surface area contributed by atoms with Gasteiger partial charge >= 0.3 is 0 Å². The quantitative estimate of drug-likeness (QED) is 0.881. The minimum atomic E-state index is 0.270. The first kappa shape index (κ1) is 12.3. The Hall–Kier alpha value is -0.730. The predicted octanol–water partition coefficient (Wildman–Crippen LogP) is 3.42. The van der Waals surface area contributed by atoms with Gasteiger partial charge in [0.25, 0.3) is 0 Å². The molecule has 0 radical (unpaired) electrons. The smallest absolute Gasteiger partial charge is 0.123 e. The number of hydrogen-bond acceptors (Lipinski definition) is 2. The van der Waals surface area contributed by atoms with Crippen LogP contribution in [0.2, 0.25) is 5.02 Å². The van der Waals surface area contributed by atoms with E-state index < -0.39 is 0 Å². The van der Waals surface area contributed by atoms with Gasteiger partial charge in [0.15, 0.2) is 0 Å². The summed E-state index contributed by atoms with van der Waals surface area (Å²) < 4.78 is 5.91. The summed E-state index contributed by atoms with van der Waals surface area (Å²) in [6.07, 6.45) is 5.31. The van der Waals surface area contributed by atoms with E-state index in [9.17, 15) is 0 Å². The fourth-order valence-electron chi connectivity index (χ4n) is 2.73. The summed E-state index contributed by atoms with van der Waals surface area (Å²) in [7, 11) is 0. The van der Waals surface area contributed by atoms with Crippen molar-refractivity contribution in [3.63, 3.8) is 0 Å². The second-order valence-corrected chi connectivity index (χ2v) is 6.12. The molecule has 1 heterocycles. The first-order valence-electron chi connectivity index (χ1n) is 6.87. The molecule has 1 N–H and O–H groups in total. The monoisotopic (exact) mass is 265 g/mol. The van der Waals surface area contributed by atoms with Crippen LogP contribution in [0.25, 0.3) is 0 Å². The molecule has 0 spiro atoms. The molecule has 1 aliphatic carbocycles. The number of ether oxygens (including phenoxy) is 1. The third kappa shape index (κ3) is 2.50. The Morgan fingerprint density at radius 2 is 2.28 bits per heavy atom. The van der Waals surface area contributed by atoms with Crippen LogP contribution in [0.4, 0.5) is 0 Å². The summed E-state index contributed by atoms with van der Waals surface area (Å²) in [5.41, 5.74) is 1.85. The van der Waals surface area contributed by atoms with Crippen molar-refractivity contribution in [1.29, 1.82) is 0 Å². The molecule has 1 aromatic carbocycles. The fourth-order valence-corrected chi connectivity index (χ4v) is 2.93. The van der Waals surface area contributed by atoms with E-state index in [0.29, 0.717) is 5.41 Å².